The standard InChI is InChI=1S/C19H18N2O3/c1-12-4-7-15(10-13(12)2)21-19(22)17-18(24-11-20-17)14-5-8-16(23-3)9-6-14/h4-11H,1-3H3,(H,21,22). The van der Waals surface area contributed by atoms with Gasteiger partial charge in [0.15, 0.2) is 17.8 Å². The molecule has 5 nitrogen and oxygen atoms in total. The van der Waals surface area contributed by atoms with E-state index in [0.29, 0.717) is 5.76 Å². The molecule has 1 aromatic heterocycles. The predicted molar refractivity (Wildman–Crippen MR) is 92.4 cm³/mol. The van der Waals surface area contributed by atoms with Crippen LogP contribution in [0.2, 0.25) is 0 Å². The topological polar surface area (TPSA) is 64.4 Å². The average molecular weight is 322 g/mol. The molecular weight excluding hydrogens is 304 g/mol. The number of methoxy groups -OCH3 is 1. The summed E-state index contributed by atoms with van der Waals surface area (Å²) in [6.45, 7) is 4.03. The number of anilines is 1. The van der Waals surface area contributed by atoms with Crippen LogP contribution in [0.3, 0.4) is 0 Å². The molecule has 1 N–H and O–H groups in total. The number of amides is 1. The highest BCUT2D eigenvalue weighted by atomic mass is 16.5. The number of nitrogens with one attached hydrogen (secondary N) is 1. The number of oxazole rings is 1. The fourth-order valence-electron chi connectivity index (χ4n) is 2.36. The molecule has 0 aliphatic carbocycles. The molecule has 0 aliphatic heterocycles. The molecule has 3 rings (SSSR count). The lowest BCUT2D eigenvalue weighted by atomic mass is 10.1. The van der Waals surface area contributed by atoms with Gasteiger partial charge in [-0.3, -0.25) is 4.79 Å². The van der Waals surface area contributed by atoms with Gasteiger partial charge in [0.25, 0.3) is 5.91 Å². The maximum Gasteiger partial charge on any atom is 0.278 e. The van der Waals surface area contributed by atoms with Gasteiger partial charge >= 0.3 is 0 Å². The van der Waals surface area contributed by atoms with E-state index in [1.165, 1.54) is 12.0 Å². The first-order chi connectivity index (χ1) is 11.6. The van der Waals surface area contributed by atoms with E-state index in [4.69, 9.17) is 9.15 Å². The predicted octanol–water partition coefficient (Wildman–Crippen LogP) is 4.22. The fraction of sp³-hybridized carbons (Fsp3) is 0.158. The number of ether oxygens (including phenoxy) is 1. The van der Waals surface area contributed by atoms with Crippen molar-refractivity contribution < 1.29 is 13.9 Å². The Morgan fingerprint density at radius 3 is 2.50 bits per heavy atom. The SMILES string of the molecule is COc1ccc(-c2ocnc2C(=O)Nc2ccc(C)c(C)c2)cc1. The first kappa shape index (κ1) is 15.8. The number of benzene rings is 2. The van der Waals surface area contributed by atoms with E-state index in [0.717, 1.165) is 22.6 Å². The molecule has 122 valence electrons. The lowest BCUT2D eigenvalue weighted by molar-refractivity contribution is 0.102. The van der Waals surface area contributed by atoms with E-state index in [-0.39, 0.29) is 11.6 Å². The van der Waals surface area contributed by atoms with Gasteiger partial charge in [-0.1, -0.05) is 6.07 Å². The van der Waals surface area contributed by atoms with Crippen molar-refractivity contribution in [2.45, 2.75) is 13.8 Å². The van der Waals surface area contributed by atoms with Crippen LogP contribution in [-0.4, -0.2) is 18.0 Å². The van der Waals surface area contributed by atoms with E-state index in [9.17, 15) is 4.79 Å². The molecule has 0 radical (unpaired) electrons. The Morgan fingerprint density at radius 2 is 1.83 bits per heavy atom. The monoisotopic (exact) mass is 322 g/mol. The Kier molecular flexibility index (Phi) is 4.33. The molecule has 3 aromatic rings. The van der Waals surface area contributed by atoms with E-state index in [1.807, 2.05) is 56.3 Å². The summed E-state index contributed by atoms with van der Waals surface area (Å²) in [4.78, 5) is 16.6. The third kappa shape index (κ3) is 3.15. The fourth-order valence-corrected chi connectivity index (χ4v) is 2.36. The summed E-state index contributed by atoms with van der Waals surface area (Å²) in [5.41, 5.74) is 4.03. The molecule has 0 fully saturated rings. The van der Waals surface area contributed by atoms with Gasteiger partial charge in [-0.05, 0) is 61.4 Å². The lowest BCUT2D eigenvalue weighted by Crippen LogP contribution is -2.13. The number of hydrogen-bond acceptors (Lipinski definition) is 4. The van der Waals surface area contributed by atoms with Gasteiger partial charge < -0.3 is 14.5 Å². The highest BCUT2D eigenvalue weighted by Crippen LogP contribution is 2.26. The second kappa shape index (κ2) is 6.58. The Balaban J connectivity index is 1.85. The second-order valence-corrected chi connectivity index (χ2v) is 5.51. The summed E-state index contributed by atoms with van der Waals surface area (Å²) < 4.78 is 10.6. The van der Waals surface area contributed by atoms with Crippen LogP contribution in [0.1, 0.15) is 21.6 Å². The molecule has 0 aliphatic rings. The summed E-state index contributed by atoms with van der Waals surface area (Å²) in [5, 5.41) is 2.86. The number of nitrogens with zero attached hydrogens (tertiary/aromatic N) is 1. The molecule has 0 saturated carbocycles. The van der Waals surface area contributed by atoms with Gasteiger partial charge in [0.2, 0.25) is 0 Å². The minimum Gasteiger partial charge on any atom is -0.497 e. The number of aromatic nitrogens is 1. The number of aryl methyl sites for hydroxylation is 2. The molecule has 1 amide bonds. The van der Waals surface area contributed by atoms with E-state index in [2.05, 4.69) is 10.3 Å². The van der Waals surface area contributed by atoms with Gasteiger partial charge in [-0.15, -0.1) is 0 Å². The molecule has 5 heteroatoms. The van der Waals surface area contributed by atoms with Crippen molar-refractivity contribution in [1.29, 1.82) is 0 Å². The second-order valence-electron chi connectivity index (χ2n) is 5.51. The Bertz CT molecular complexity index is 867. The van der Waals surface area contributed by atoms with Crippen LogP contribution in [-0.2, 0) is 0 Å². The van der Waals surface area contributed by atoms with Crippen molar-refractivity contribution in [1.82, 2.24) is 4.98 Å². The molecule has 1 heterocycles. The summed E-state index contributed by atoms with van der Waals surface area (Å²) in [7, 11) is 1.60. The minimum atomic E-state index is -0.308. The van der Waals surface area contributed by atoms with Gasteiger partial charge in [-0.2, -0.15) is 0 Å². The molecule has 0 saturated heterocycles. The molecule has 24 heavy (non-hydrogen) atoms. The molecule has 0 unspecified atom stereocenters. The number of carbonyl (C=O) groups is 1. The zero-order valence-electron chi connectivity index (χ0n) is 13.8. The van der Waals surface area contributed by atoms with E-state index < -0.39 is 0 Å². The van der Waals surface area contributed by atoms with Crippen LogP contribution in [0.4, 0.5) is 5.69 Å². The highest BCUT2D eigenvalue weighted by molar-refractivity contribution is 6.06. The number of carbonyl (C=O) groups excluding carboxylic acids is 1. The Labute approximate surface area is 140 Å². The molecule has 0 spiro atoms. The van der Waals surface area contributed by atoms with Crippen molar-refractivity contribution in [3.63, 3.8) is 0 Å². The first-order valence-corrected chi connectivity index (χ1v) is 7.55. The lowest BCUT2D eigenvalue weighted by Gasteiger charge is -2.07. The summed E-state index contributed by atoms with van der Waals surface area (Å²) in [6.07, 6.45) is 1.27. The maximum absolute atomic E-state index is 12.5. The Hall–Kier alpha value is -3.08. The summed E-state index contributed by atoms with van der Waals surface area (Å²) in [5.74, 6) is 0.858. The zero-order chi connectivity index (χ0) is 17.1. The van der Waals surface area contributed by atoms with Crippen molar-refractivity contribution in [2.75, 3.05) is 12.4 Å². The van der Waals surface area contributed by atoms with Gasteiger partial charge in [0, 0.05) is 11.3 Å². The van der Waals surface area contributed by atoms with Crippen molar-refractivity contribution in [3.8, 4) is 17.1 Å². The minimum absolute atomic E-state index is 0.249. The van der Waals surface area contributed by atoms with Crippen LogP contribution in [0.5, 0.6) is 5.75 Å². The van der Waals surface area contributed by atoms with Crippen molar-refractivity contribution >= 4 is 11.6 Å². The maximum atomic E-state index is 12.5. The third-order valence-corrected chi connectivity index (χ3v) is 3.90. The largest absolute Gasteiger partial charge is 0.497 e. The van der Waals surface area contributed by atoms with Crippen molar-refractivity contribution in [2.24, 2.45) is 0 Å². The highest BCUT2D eigenvalue weighted by Gasteiger charge is 2.18. The third-order valence-electron chi connectivity index (χ3n) is 3.90. The van der Waals surface area contributed by atoms with Gasteiger partial charge in [0.1, 0.15) is 5.75 Å². The van der Waals surface area contributed by atoms with Crippen molar-refractivity contribution in [3.05, 3.63) is 65.7 Å². The van der Waals surface area contributed by atoms with Gasteiger partial charge in [-0.25, -0.2) is 4.98 Å². The quantitative estimate of drug-likeness (QED) is 0.781. The van der Waals surface area contributed by atoms with Crippen LogP contribution < -0.4 is 10.1 Å². The first-order valence-electron chi connectivity index (χ1n) is 7.55. The average Bonchev–Trinajstić information content (AvgIpc) is 3.08. The van der Waals surface area contributed by atoms with Crippen LogP contribution in [0.25, 0.3) is 11.3 Å². The zero-order valence-corrected chi connectivity index (χ0v) is 13.8. The smallest absolute Gasteiger partial charge is 0.278 e. The summed E-state index contributed by atoms with van der Waals surface area (Å²) in [6, 6.07) is 13.0. The van der Waals surface area contributed by atoms with Crippen LogP contribution in [0.15, 0.2) is 53.3 Å². The molecule has 2 aromatic carbocycles. The van der Waals surface area contributed by atoms with Crippen LogP contribution >= 0.6 is 0 Å². The number of hydrogen-bond donors (Lipinski definition) is 1. The normalized spacial score (nSPS) is 10.5. The number of rotatable bonds is 4. The molecular formula is C19H18N2O3. The summed E-state index contributed by atoms with van der Waals surface area (Å²) >= 11 is 0. The van der Waals surface area contributed by atoms with E-state index in [1.54, 1.807) is 7.11 Å². The Morgan fingerprint density at radius 1 is 1.08 bits per heavy atom. The van der Waals surface area contributed by atoms with Gasteiger partial charge in [0.05, 0.1) is 7.11 Å². The van der Waals surface area contributed by atoms with E-state index >= 15 is 0 Å². The van der Waals surface area contributed by atoms with Crippen LogP contribution in [0, 0.1) is 13.8 Å². The molecule has 0 atom stereocenters. The molecule has 0 bridgehead atoms.